The summed E-state index contributed by atoms with van der Waals surface area (Å²) >= 11 is 0. The summed E-state index contributed by atoms with van der Waals surface area (Å²) in [5.41, 5.74) is -6.35. The number of hydrogen-bond donors (Lipinski definition) is 4. The Morgan fingerprint density at radius 1 is 1.10 bits per heavy atom. The SMILES string of the molecule is CC(=O)OC(C)(C)C=CC(=O)C(C)(O)[C@H]1[C@@H](O)C[C@@]2(C)[C@@H]3CC=C4[C@H](CC(=O)C(O)C4(C)C)[C@]3(CO)C(=O)C[C@]12C. The molecule has 0 aromatic carbocycles. The van der Waals surface area contributed by atoms with Crippen LogP contribution < -0.4 is 0 Å². The molecule has 3 saturated carbocycles. The van der Waals surface area contributed by atoms with Crippen LogP contribution in [0, 0.1) is 39.4 Å². The first-order valence-electron chi connectivity index (χ1n) is 14.5. The lowest BCUT2D eigenvalue weighted by Crippen LogP contribution is -2.67. The third-order valence-corrected chi connectivity index (χ3v) is 11.6. The van der Waals surface area contributed by atoms with Crippen molar-refractivity contribution < 1.29 is 44.3 Å². The van der Waals surface area contributed by atoms with E-state index < -0.39 is 81.2 Å². The van der Waals surface area contributed by atoms with Crippen molar-refractivity contribution in [1.82, 2.24) is 0 Å². The van der Waals surface area contributed by atoms with Gasteiger partial charge < -0.3 is 25.2 Å². The molecule has 0 spiro atoms. The normalized spacial score (nSPS) is 41.7. The van der Waals surface area contributed by atoms with Crippen LogP contribution in [0.5, 0.6) is 0 Å². The second-order valence-electron chi connectivity index (χ2n) is 14.7. The number of aliphatic hydroxyl groups is 4. The lowest BCUT2D eigenvalue weighted by Gasteiger charge is -2.64. The first-order chi connectivity index (χ1) is 18.6. The second-order valence-corrected chi connectivity index (χ2v) is 14.7. The van der Waals surface area contributed by atoms with Crippen LogP contribution >= 0.6 is 0 Å². The Balaban J connectivity index is 1.78. The van der Waals surface area contributed by atoms with E-state index in [0.29, 0.717) is 6.42 Å². The summed E-state index contributed by atoms with van der Waals surface area (Å²) in [5.74, 6) is -3.89. The summed E-state index contributed by atoms with van der Waals surface area (Å²) < 4.78 is 5.22. The van der Waals surface area contributed by atoms with Gasteiger partial charge in [-0.15, -0.1) is 0 Å². The molecule has 0 aliphatic heterocycles. The Bertz CT molecular complexity index is 1230. The fraction of sp³-hybridized carbons (Fsp3) is 0.750. The fourth-order valence-corrected chi connectivity index (χ4v) is 9.43. The van der Waals surface area contributed by atoms with Crippen LogP contribution in [0.3, 0.4) is 0 Å². The van der Waals surface area contributed by atoms with E-state index in [4.69, 9.17) is 4.74 Å². The Morgan fingerprint density at radius 2 is 1.71 bits per heavy atom. The predicted octanol–water partition coefficient (Wildman–Crippen LogP) is 2.47. The van der Waals surface area contributed by atoms with Crippen molar-refractivity contribution in [2.24, 2.45) is 39.4 Å². The monoisotopic (exact) mass is 574 g/mol. The number of Topliss-reactive ketones (excluding diaryl/α,β-unsaturated/α-hetero) is 2. The van der Waals surface area contributed by atoms with Crippen molar-refractivity contribution in [3.05, 3.63) is 23.8 Å². The number of esters is 1. The van der Waals surface area contributed by atoms with Gasteiger partial charge in [0.1, 0.15) is 23.1 Å². The first-order valence-corrected chi connectivity index (χ1v) is 14.5. The van der Waals surface area contributed by atoms with Crippen LogP contribution in [-0.2, 0) is 23.9 Å². The minimum atomic E-state index is -2.06. The fourth-order valence-electron chi connectivity index (χ4n) is 9.43. The number of ether oxygens (including phenoxy) is 1. The molecular formula is C32H46O9. The number of allylic oxidation sites excluding steroid dienone is 1. The van der Waals surface area contributed by atoms with Crippen LogP contribution in [-0.4, -0.2) is 73.8 Å². The van der Waals surface area contributed by atoms with Gasteiger partial charge in [0.25, 0.3) is 0 Å². The maximum Gasteiger partial charge on any atom is 0.303 e. The highest BCUT2D eigenvalue weighted by molar-refractivity contribution is 5.97. The molecule has 228 valence electrons. The van der Waals surface area contributed by atoms with Gasteiger partial charge in [-0.1, -0.05) is 39.3 Å². The molecule has 2 unspecified atom stereocenters. The molecule has 4 rings (SSSR count). The van der Waals surface area contributed by atoms with Gasteiger partial charge in [0.15, 0.2) is 11.6 Å². The Labute approximate surface area is 242 Å². The summed E-state index contributed by atoms with van der Waals surface area (Å²) in [6.07, 6.45) is 2.64. The van der Waals surface area contributed by atoms with Crippen LogP contribution in [0.4, 0.5) is 0 Å². The zero-order valence-corrected chi connectivity index (χ0v) is 25.5. The van der Waals surface area contributed by atoms with Gasteiger partial charge in [-0.3, -0.25) is 19.2 Å². The van der Waals surface area contributed by atoms with E-state index in [1.54, 1.807) is 27.7 Å². The van der Waals surface area contributed by atoms with Crippen LogP contribution in [0.15, 0.2) is 23.8 Å². The highest BCUT2D eigenvalue weighted by Gasteiger charge is 2.75. The number of rotatable bonds is 6. The number of fused-ring (bicyclic) bond motifs is 5. The number of ketones is 3. The summed E-state index contributed by atoms with van der Waals surface area (Å²) in [7, 11) is 0. The van der Waals surface area contributed by atoms with Gasteiger partial charge in [-0.2, -0.15) is 0 Å². The molecule has 0 bridgehead atoms. The van der Waals surface area contributed by atoms with E-state index in [2.05, 4.69) is 0 Å². The molecule has 0 heterocycles. The van der Waals surface area contributed by atoms with Crippen molar-refractivity contribution in [1.29, 1.82) is 0 Å². The molecule has 0 radical (unpaired) electrons. The molecule has 41 heavy (non-hydrogen) atoms. The maximum absolute atomic E-state index is 14.4. The standard InChI is InChI=1S/C32H46O9/c1-17(34)41-27(2,3)12-11-23(37)31(8,40)25-21(36)14-29(6)22-10-9-18-19(13-20(35)26(39)28(18,4)5)32(22,16-33)24(38)15-30(25,29)7/h9,11-12,19,21-22,25-26,33,36,39-40H,10,13-16H2,1-8H3/t19-,21-,22-,25-,26?,29-,30+,31?,32-/m0/s1. The first kappa shape index (κ1) is 31.7. The molecule has 9 heteroatoms. The topological polar surface area (TPSA) is 158 Å². The Kier molecular flexibility index (Phi) is 7.47. The van der Waals surface area contributed by atoms with Crippen molar-refractivity contribution in [2.75, 3.05) is 6.61 Å². The quantitative estimate of drug-likeness (QED) is 0.212. The highest BCUT2D eigenvalue weighted by Crippen LogP contribution is 2.74. The van der Waals surface area contributed by atoms with Gasteiger partial charge in [0.2, 0.25) is 0 Å². The molecule has 9 nitrogen and oxygen atoms in total. The minimum absolute atomic E-state index is 0.0584. The molecule has 4 aliphatic carbocycles. The number of carbonyl (C=O) groups excluding carboxylic acids is 4. The molecular weight excluding hydrogens is 528 g/mol. The summed E-state index contributed by atoms with van der Waals surface area (Å²) in [5, 5.41) is 45.0. The average molecular weight is 575 g/mol. The zero-order valence-electron chi connectivity index (χ0n) is 25.5. The smallest absolute Gasteiger partial charge is 0.303 e. The lowest BCUT2D eigenvalue weighted by molar-refractivity contribution is -0.191. The maximum atomic E-state index is 14.4. The van der Waals surface area contributed by atoms with Crippen molar-refractivity contribution in [3.63, 3.8) is 0 Å². The zero-order chi connectivity index (χ0) is 31.1. The summed E-state index contributed by atoms with van der Waals surface area (Å²) in [6.45, 7) is 12.7. The van der Waals surface area contributed by atoms with Gasteiger partial charge in [-0.05, 0) is 62.5 Å². The number of hydrogen-bond acceptors (Lipinski definition) is 9. The average Bonchev–Trinajstić information content (AvgIpc) is 3.05. The Morgan fingerprint density at radius 3 is 2.27 bits per heavy atom. The van der Waals surface area contributed by atoms with E-state index in [0.717, 1.165) is 11.6 Å². The predicted molar refractivity (Wildman–Crippen MR) is 149 cm³/mol. The number of aliphatic hydroxyl groups excluding tert-OH is 3. The van der Waals surface area contributed by atoms with Crippen LogP contribution in [0.25, 0.3) is 0 Å². The van der Waals surface area contributed by atoms with Gasteiger partial charge in [0.05, 0.1) is 18.1 Å². The van der Waals surface area contributed by atoms with Crippen molar-refractivity contribution in [3.8, 4) is 0 Å². The third kappa shape index (κ3) is 4.33. The van der Waals surface area contributed by atoms with Gasteiger partial charge >= 0.3 is 5.97 Å². The molecule has 0 aromatic rings. The molecule has 0 aromatic heterocycles. The molecule has 9 atom stereocenters. The van der Waals surface area contributed by atoms with Gasteiger partial charge in [-0.25, -0.2) is 0 Å². The van der Waals surface area contributed by atoms with Crippen LogP contribution in [0.2, 0.25) is 0 Å². The highest BCUT2D eigenvalue weighted by atomic mass is 16.6. The van der Waals surface area contributed by atoms with Crippen molar-refractivity contribution in [2.45, 2.75) is 104 Å². The molecule has 4 N–H and O–H groups in total. The van der Waals surface area contributed by atoms with E-state index in [1.165, 1.54) is 19.9 Å². The van der Waals surface area contributed by atoms with E-state index >= 15 is 0 Å². The molecule has 0 amide bonds. The lowest BCUT2D eigenvalue weighted by atomic mass is 9.38. The second kappa shape index (κ2) is 9.66. The minimum Gasteiger partial charge on any atom is -0.456 e. The van der Waals surface area contributed by atoms with Crippen molar-refractivity contribution >= 4 is 23.3 Å². The summed E-state index contributed by atoms with van der Waals surface area (Å²) in [6, 6.07) is 0. The van der Waals surface area contributed by atoms with Gasteiger partial charge in [0, 0.05) is 37.0 Å². The van der Waals surface area contributed by atoms with E-state index in [-0.39, 0.29) is 30.8 Å². The van der Waals surface area contributed by atoms with E-state index in [1.807, 2.05) is 19.9 Å². The summed E-state index contributed by atoms with van der Waals surface area (Å²) in [4.78, 5) is 52.2. The number of carbonyl (C=O) groups is 4. The largest absolute Gasteiger partial charge is 0.456 e. The Hall–Kier alpha value is -2.20. The molecule has 4 aliphatic rings. The van der Waals surface area contributed by atoms with E-state index in [9.17, 15) is 39.6 Å². The molecule has 0 saturated heterocycles. The third-order valence-electron chi connectivity index (χ3n) is 11.6. The van der Waals surface area contributed by atoms with Crippen LogP contribution in [0.1, 0.15) is 81.1 Å². The molecule has 3 fully saturated rings.